The van der Waals surface area contributed by atoms with Crippen LogP contribution in [-0.2, 0) is 19.6 Å². The van der Waals surface area contributed by atoms with Gasteiger partial charge in [0, 0.05) is 55.8 Å². The van der Waals surface area contributed by atoms with Crippen molar-refractivity contribution in [2.24, 2.45) is 0 Å². The largest absolute Gasteiger partial charge is 0.384 e. The average molecular weight is 1600 g/mol. The number of nitriles is 3. The first kappa shape index (κ1) is 82.3. The zero-order valence-electron chi connectivity index (χ0n) is 64.3. The molecule has 0 aliphatic heterocycles. The van der Waals surface area contributed by atoms with Gasteiger partial charge in [-0.1, -0.05) is 117 Å². The maximum atomic E-state index is 14.0. The first-order chi connectivity index (χ1) is 57.0. The van der Waals surface area contributed by atoms with E-state index in [4.69, 9.17) is 11.5 Å². The van der Waals surface area contributed by atoms with Crippen LogP contribution in [-0.4, -0.2) is 105 Å². The Labute approximate surface area is 678 Å². The molecule has 0 radical (unpaired) electrons. The maximum Gasteiger partial charge on any atom is 0.274 e. The number of nitrogens with one attached hydrogen (secondary N) is 10. The summed E-state index contributed by atoms with van der Waals surface area (Å²) in [6, 6.07) is 45.9. The number of hydrogen-bond acceptors (Lipinski definition) is 25. The van der Waals surface area contributed by atoms with E-state index in [1.54, 1.807) is 96.5 Å². The van der Waals surface area contributed by atoms with Crippen LogP contribution in [0.2, 0.25) is 0 Å². The van der Waals surface area contributed by atoms with E-state index in [0.29, 0.717) is 92.8 Å². The summed E-state index contributed by atoms with van der Waals surface area (Å²) in [7, 11) is 1.81. The van der Waals surface area contributed by atoms with E-state index < -0.39 is 35.8 Å². The van der Waals surface area contributed by atoms with Gasteiger partial charge in [-0.3, -0.25) is 29.7 Å². The van der Waals surface area contributed by atoms with Crippen LogP contribution in [0.1, 0.15) is 145 Å². The number of hydrogen-bond donors (Lipinski definition) is 12. The van der Waals surface area contributed by atoms with Crippen LogP contribution in [0.3, 0.4) is 0 Å². The van der Waals surface area contributed by atoms with Gasteiger partial charge in [-0.15, -0.1) is 0 Å². The van der Waals surface area contributed by atoms with E-state index in [2.05, 4.69) is 118 Å². The van der Waals surface area contributed by atoms with E-state index >= 15 is 0 Å². The van der Waals surface area contributed by atoms with Crippen LogP contribution in [0.25, 0.3) is 66.7 Å². The number of carbonyl (C=O) groups is 3. The van der Waals surface area contributed by atoms with Crippen molar-refractivity contribution in [2.75, 3.05) is 39.8 Å². The Bertz CT molecular complexity index is 6160. The third kappa shape index (κ3) is 19.4. The fourth-order valence-electron chi connectivity index (χ4n) is 12.1. The lowest BCUT2D eigenvalue weighted by molar-refractivity contribution is 0.0927. The number of aryl methyl sites for hydroxylation is 3. The summed E-state index contributed by atoms with van der Waals surface area (Å²) in [4.78, 5) is 82.1. The van der Waals surface area contributed by atoms with Gasteiger partial charge in [0.25, 0.3) is 17.7 Å². The third-order valence-electron chi connectivity index (χ3n) is 19.0. The van der Waals surface area contributed by atoms with Crippen LogP contribution in [0, 0.1) is 72.2 Å². The topological polar surface area (TPSA) is 474 Å². The Hall–Kier alpha value is -16.2. The van der Waals surface area contributed by atoms with E-state index in [-0.39, 0.29) is 76.5 Å². The molecule has 119 heavy (non-hydrogen) atoms. The molecule has 34 heteroatoms. The molecule has 596 valence electrons. The highest BCUT2D eigenvalue weighted by atomic mass is 19.1. The second-order valence-electron chi connectivity index (χ2n) is 27.2. The Morgan fingerprint density at radius 3 is 1.20 bits per heavy atom. The van der Waals surface area contributed by atoms with Crippen molar-refractivity contribution in [1.82, 2.24) is 96.4 Å². The minimum atomic E-state index is -0.543. The van der Waals surface area contributed by atoms with Crippen LogP contribution in [0.5, 0.6) is 0 Å². The summed E-state index contributed by atoms with van der Waals surface area (Å²) < 4.78 is 42.1. The first-order valence-corrected chi connectivity index (χ1v) is 36.6. The van der Waals surface area contributed by atoms with Gasteiger partial charge in [0.15, 0.2) is 74.2 Å². The highest BCUT2D eigenvalue weighted by molar-refractivity contribution is 5.99. The van der Waals surface area contributed by atoms with E-state index in [1.807, 2.05) is 110 Å². The SMILES string of the molecule is C.CNc1n[nH]c2ncc(-c3ccc(CNc4ncc(C#N)nc4C(=O)N[C@@H](C)c4ccc(C)c(F)c4)cc3)cc12.Cc1ccc([C@H](C)NC(=O)c2nc(C#N)cnc2NCc2ccc(-c3cnc4n[nH]c(N)c4c3)cc2)cc1F.Cc1ccc([C@H](C)NC(=O)c2nc(C#N)cnc2NCc2ccc(-c3cnc4n[nH]c(N)c4n3)cc2)cc1F. The van der Waals surface area contributed by atoms with Gasteiger partial charge < -0.3 is 48.7 Å². The molecule has 3 atom stereocenters. The Kier molecular flexibility index (Phi) is 25.4. The highest BCUT2D eigenvalue weighted by Gasteiger charge is 2.24. The normalized spacial score (nSPS) is 11.5. The van der Waals surface area contributed by atoms with Crippen LogP contribution < -0.4 is 48.7 Å². The number of aromatic amines is 3. The molecule has 0 unspecified atom stereocenters. The number of nitrogens with zero attached hydrogens (tertiary/aromatic N) is 16. The minimum Gasteiger partial charge on any atom is -0.384 e. The number of nitrogen functional groups attached to an aromatic ring is 2. The smallest absolute Gasteiger partial charge is 0.274 e. The van der Waals surface area contributed by atoms with Crippen molar-refractivity contribution < 1.29 is 27.6 Å². The van der Waals surface area contributed by atoms with Crippen molar-refractivity contribution in [3.05, 3.63) is 278 Å². The number of carbonyl (C=O) groups excluding carboxylic acids is 3. The number of halogens is 3. The summed E-state index contributed by atoms with van der Waals surface area (Å²) in [6.45, 7) is 11.3. The summed E-state index contributed by atoms with van der Waals surface area (Å²) >= 11 is 0. The molecule has 14 N–H and O–H groups in total. The molecular weight excluding hydrogens is 1520 g/mol. The minimum absolute atomic E-state index is 0. The Morgan fingerprint density at radius 2 is 0.798 bits per heavy atom. The summed E-state index contributed by atoms with van der Waals surface area (Å²) in [5.41, 5.74) is 25.4. The molecule has 0 spiro atoms. The summed E-state index contributed by atoms with van der Waals surface area (Å²) in [5.74, 6) is -0.447. The van der Waals surface area contributed by atoms with Crippen molar-refractivity contribution in [3.63, 3.8) is 0 Å². The molecule has 0 bridgehead atoms. The van der Waals surface area contributed by atoms with Gasteiger partial charge in [-0.2, -0.15) is 31.1 Å². The van der Waals surface area contributed by atoms with Gasteiger partial charge in [0.05, 0.1) is 59.4 Å². The molecule has 15 aromatic rings. The Balaban J connectivity index is 0.000000163. The van der Waals surface area contributed by atoms with E-state index in [0.717, 1.165) is 61.1 Å². The van der Waals surface area contributed by atoms with Gasteiger partial charge >= 0.3 is 0 Å². The third-order valence-corrected chi connectivity index (χ3v) is 19.0. The molecule has 0 aliphatic rings. The Morgan fingerprint density at radius 1 is 0.420 bits per heavy atom. The first-order valence-electron chi connectivity index (χ1n) is 36.6. The molecule has 6 aromatic carbocycles. The number of amides is 3. The molecule has 15 rings (SSSR count). The molecule has 0 saturated heterocycles. The summed E-state index contributed by atoms with van der Waals surface area (Å²) in [6.07, 6.45) is 9.04. The standard InChI is InChI=1S/C29H26FN9O.C28H24FN9O.C27H23FN10O.CH4/c1-16-4-7-20(11-24(16)30)17(2)36-29(40)25-28(35-15-22(12-31)37-25)33-13-18-5-8-19(9-6-18)21-10-23-26(32-3)38-39-27(23)34-14-21;1-15-3-6-19(10-23(15)29)16(2)35-28(39)24-27(34-14-21(11-30)36-24)32-12-17-4-7-18(8-5-17)20-9-22-25(31)37-38-26(22)33-13-20;1-14-3-6-18(9-20(14)28)15(2)34-27(39)23-25(32-12-19(10-29)35-23)31-11-16-4-7-17(8-5-16)21-13-33-26-22(36-21)24(30)37-38-26;/h4-11,14-15,17H,13H2,1-3H3,(H,33,35)(H,36,40)(H2,32,34,38,39);3-10,13-14,16H,12H2,1-2H3,(H,32,34)(H,35,39)(H3,31,33,37,38);3-9,12-13,15H,11H2,1-2H3,(H,31,32)(H,34,39)(H3,30,33,37,38);1H4/t17-;16-;15-;/m000./s1. The zero-order valence-corrected chi connectivity index (χ0v) is 64.3. The lowest BCUT2D eigenvalue weighted by Gasteiger charge is -2.16. The van der Waals surface area contributed by atoms with Crippen molar-refractivity contribution in [1.29, 1.82) is 15.8 Å². The van der Waals surface area contributed by atoms with Crippen molar-refractivity contribution in [2.45, 2.75) is 86.7 Å². The molecule has 9 aromatic heterocycles. The number of rotatable bonds is 22. The predicted molar refractivity (Wildman–Crippen MR) is 444 cm³/mol. The number of pyridine rings is 2. The van der Waals surface area contributed by atoms with Gasteiger partial charge in [0.2, 0.25) is 5.65 Å². The lowest BCUT2D eigenvalue weighted by atomic mass is 10.0. The second kappa shape index (κ2) is 36.7. The number of anilines is 6. The molecule has 0 fully saturated rings. The quantitative estimate of drug-likeness (QED) is 0.0300. The lowest BCUT2D eigenvalue weighted by Crippen LogP contribution is -2.29. The number of aromatic nitrogens is 16. The molecule has 0 aliphatic carbocycles. The average Bonchev–Trinajstić information content (AvgIpc) is 1.69. The van der Waals surface area contributed by atoms with Crippen molar-refractivity contribution in [3.8, 4) is 51.7 Å². The van der Waals surface area contributed by atoms with E-state index in [9.17, 15) is 43.3 Å². The van der Waals surface area contributed by atoms with E-state index in [1.165, 1.54) is 36.8 Å². The number of nitrogens with two attached hydrogens (primary N) is 2. The monoisotopic (exact) mass is 1590 g/mol. The summed E-state index contributed by atoms with van der Waals surface area (Å²) in [5, 5.41) is 70.9. The molecular formula is C85H77F3N28O3. The zero-order chi connectivity index (χ0) is 83.3. The van der Waals surface area contributed by atoms with Gasteiger partial charge in [-0.25, -0.2) is 63.0 Å². The van der Waals surface area contributed by atoms with Crippen molar-refractivity contribution >= 4 is 85.9 Å². The van der Waals surface area contributed by atoms with Gasteiger partial charge in [-0.05, 0) is 133 Å². The number of benzene rings is 6. The van der Waals surface area contributed by atoms with Crippen LogP contribution >= 0.6 is 0 Å². The fourth-order valence-corrected chi connectivity index (χ4v) is 12.1. The number of H-pyrrole nitrogens is 3. The highest BCUT2D eigenvalue weighted by Crippen LogP contribution is 2.31. The molecule has 9 heterocycles. The van der Waals surface area contributed by atoms with Gasteiger partial charge in [0.1, 0.15) is 47.3 Å². The molecule has 0 saturated carbocycles. The number of fused-ring (bicyclic) bond motifs is 3. The maximum absolute atomic E-state index is 14.0. The predicted octanol–water partition coefficient (Wildman–Crippen LogP) is 13.7. The molecule has 3 amide bonds. The van der Waals surface area contributed by atoms with Crippen LogP contribution in [0.15, 0.2) is 177 Å². The second-order valence-corrected chi connectivity index (χ2v) is 27.2. The molecule has 31 nitrogen and oxygen atoms in total. The van der Waals surface area contributed by atoms with Crippen LogP contribution in [0.4, 0.5) is 48.1 Å². The fraction of sp³-hybridized carbons (Fsp3) is 0.165.